The molecule has 0 rings (SSSR count). The first-order valence-electron chi connectivity index (χ1n) is 3.67. The van der Waals surface area contributed by atoms with Crippen LogP contribution in [-0.2, 0) is 19.3 Å². The Bertz CT molecular complexity index is 166. The van der Waals surface area contributed by atoms with E-state index in [1.807, 2.05) is 13.8 Å². The molecule has 0 saturated carbocycles. The van der Waals surface area contributed by atoms with Crippen LogP contribution in [0.5, 0.6) is 0 Å². The highest BCUT2D eigenvalue weighted by molar-refractivity contribution is 7.80. The van der Waals surface area contributed by atoms with Crippen molar-refractivity contribution in [3.05, 3.63) is 0 Å². The van der Waals surface area contributed by atoms with Gasteiger partial charge >= 0.3 is 10.4 Å². The molecule has 84 valence electrons. The molecule has 0 radical (unpaired) electrons. The number of rotatable bonds is 4. The predicted molar refractivity (Wildman–Crippen MR) is 50.4 cm³/mol. The second kappa shape index (κ2) is 11.8. The van der Waals surface area contributed by atoms with Gasteiger partial charge in [-0.15, -0.1) is 0 Å². The lowest BCUT2D eigenvalue weighted by Gasteiger charge is -1.88. The van der Waals surface area contributed by atoms with Gasteiger partial charge in [0.05, 0.1) is 6.61 Å². The monoisotopic (exact) mass is 217 g/mol. The fourth-order valence-electron chi connectivity index (χ4n) is 0.353. The van der Waals surface area contributed by atoms with Gasteiger partial charge in [-0.2, -0.15) is 8.42 Å². The molecular weight excluding hydrogens is 198 g/mol. The van der Waals surface area contributed by atoms with Crippen molar-refractivity contribution in [1.29, 1.82) is 0 Å². The standard InChI is InChI=1S/C4H10O.C2H6O4S.H3N/c1-3-5-4-2;1-2-6-7(3,4)5;/h3-4H2,1-2H3;2H2,1H3,(H,3,4,5);1H3. The summed E-state index contributed by atoms with van der Waals surface area (Å²) in [5.74, 6) is 0. The summed E-state index contributed by atoms with van der Waals surface area (Å²) in [7, 11) is -4.17. The molecular formula is C6H19NO5S. The van der Waals surface area contributed by atoms with Crippen molar-refractivity contribution >= 4 is 10.4 Å². The van der Waals surface area contributed by atoms with Gasteiger partial charge in [0.2, 0.25) is 0 Å². The molecule has 0 aliphatic rings. The molecule has 0 aromatic carbocycles. The minimum absolute atomic E-state index is 0. The zero-order valence-electron chi connectivity index (χ0n) is 8.32. The quantitative estimate of drug-likeness (QED) is 0.681. The van der Waals surface area contributed by atoms with E-state index >= 15 is 0 Å². The third kappa shape index (κ3) is 33.7. The van der Waals surface area contributed by atoms with Crippen LogP contribution in [-0.4, -0.2) is 32.8 Å². The first-order chi connectivity index (χ1) is 5.47. The van der Waals surface area contributed by atoms with Gasteiger partial charge in [0.1, 0.15) is 0 Å². The molecule has 13 heavy (non-hydrogen) atoms. The molecule has 0 aromatic rings. The van der Waals surface area contributed by atoms with E-state index in [0.29, 0.717) is 0 Å². The molecule has 0 aliphatic heterocycles. The van der Waals surface area contributed by atoms with Crippen LogP contribution in [0.3, 0.4) is 0 Å². The smallest absolute Gasteiger partial charge is 0.382 e. The Labute approximate surface area is 79.8 Å². The van der Waals surface area contributed by atoms with Gasteiger partial charge < -0.3 is 10.9 Å². The highest BCUT2D eigenvalue weighted by Crippen LogP contribution is 1.81. The maximum absolute atomic E-state index is 9.56. The Kier molecular flexibility index (Phi) is 16.8. The van der Waals surface area contributed by atoms with Crippen LogP contribution in [0.4, 0.5) is 0 Å². The van der Waals surface area contributed by atoms with Crippen LogP contribution in [0.1, 0.15) is 20.8 Å². The Hall–Kier alpha value is -0.210. The number of hydrogen-bond acceptors (Lipinski definition) is 5. The number of ether oxygens (including phenoxy) is 1. The van der Waals surface area contributed by atoms with Crippen molar-refractivity contribution in [2.75, 3.05) is 19.8 Å². The maximum atomic E-state index is 9.56. The molecule has 0 heterocycles. The van der Waals surface area contributed by atoms with Crippen molar-refractivity contribution in [3.8, 4) is 0 Å². The van der Waals surface area contributed by atoms with Gasteiger partial charge in [-0.3, -0.25) is 4.55 Å². The summed E-state index contributed by atoms with van der Waals surface area (Å²) < 4.78 is 35.5. The first-order valence-corrected chi connectivity index (χ1v) is 5.04. The summed E-state index contributed by atoms with van der Waals surface area (Å²) in [5.41, 5.74) is 0. The lowest BCUT2D eigenvalue weighted by molar-refractivity contribution is 0.162. The minimum Gasteiger partial charge on any atom is -0.382 e. The fraction of sp³-hybridized carbons (Fsp3) is 1.00. The normalized spacial score (nSPS) is 9.54. The summed E-state index contributed by atoms with van der Waals surface area (Å²) in [5, 5.41) is 0. The van der Waals surface area contributed by atoms with Crippen LogP contribution >= 0.6 is 0 Å². The lowest BCUT2D eigenvalue weighted by Crippen LogP contribution is -2.01. The fourth-order valence-corrected chi connectivity index (χ4v) is 0.651. The van der Waals surface area contributed by atoms with E-state index in [9.17, 15) is 8.42 Å². The summed E-state index contributed by atoms with van der Waals surface area (Å²) in [6, 6.07) is 0. The molecule has 0 spiro atoms. The third-order valence-electron chi connectivity index (χ3n) is 0.675. The molecule has 0 bridgehead atoms. The largest absolute Gasteiger partial charge is 0.397 e. The zero-order chi connectivity index (χ0) is 10.0. The Balaban J connectivity index is -0.000000150. The van der Waals surface area contributed by atoms with E-state index in [0.717, 1.165) is 13.2 Å². The van der Waals surface area contributed by atoms with E-state index in [-0.39, 0.29) is 12.8 Å². The molecule has 7 heteroatoms. The van der Waals surface area contributed by atoms with Crippen molar-refractivity contribution in [2.24, 2.45) is 0 Å². The van der Waals surface area contributed by atoms with Crippen molar-refractivity contribution in [2.45, 2.75) is 20.8 Å². The summed E-state index contributed by atoms with van der Waals surface area (Å²) >= 11 is 0. The van der Waals surface area contributed by atoms with Gasteiger partial charge in [-0.1, -0.05) is 0 Å². The second-order valence-electron chi connectivity index (χ2n) is 1.62. The topological polar surface area (TPSA) is 108 Å². The summed E-state index contributed by atoms with van der Waals surface area (Å²) in [6.45, 7) is 7.10. The Morgan fingerprint density at radius 1 is 1.08 bits per heavy atom. The lowest BCUT2D eigenvalue weighted by atomic mass is 10.8. The van der Waals surface area contributed by atoms with E-state index in [1.54, 1.807) is 0 Å². The average molecular weight is 217 g/mol. The molecule has 0 atom stereocenters. The van der Waals surface area contributed by atoms with E-state index < -0.39 is 10.4 Å². The van der Waals surface area contributed by atoms with Crippen LogP contribution in [0.2, 0.25) is 0 Å². The molecule has 4 N–H and O–H groups in total. The highest BCUT2D eigenvalue weighted by atomic mass is 32.3. The van der Waals surface area contributed by atoms with Crippen molar-refractivity contribution in [3.63, 3.8) is 0 Å². The molecule has 0 aliphatic carbocycles. The van der Waals surface area contributed by atoms with Gasteiger partial charge in [0, 0.05) is 13.2 Å². The van der Waals surface area contributed by atoms with Gasteiger partial charge in [-0.25, -0.2) is 4.18 Å². The Morgan fingerprint density at radius 3 is 1.46 bits per heavy atom. The molecule has 6 nitrogen and oxygen atoms in total. The molecule has 0 fully saturated rings. The first kappa shape index (κ1) is 18.5. The van der Waals surface area contributed by atoms with E-state index in [4.69, 9.17) is 9.29 Å². The Morgan fingerprint density at radius 2 is 1.46 bits per heavy atom. The SMILES string of the molecule is CCOCC.CCOS(=O)(=O)O.N. The van der Waals surface area contributed by atoms with Gasteiger partial charge in [0.15, 0.2) is 0 Å². The van der Waals surface area contributed by atoms with Crippen LogP contribution in [0.25, 0.3) is 0 Å². The van der Waals surface area contributed by atoms with Crippen LogP contribution in [0.15, 0.2) is 0 Å². The van der Waals surface area contributed by atoms with Crippen LogP contribution in [0, 0.1) is 0 Å². The van der Waals surface area contributed by atoms with Crippen molar-refractivity contribution in [1.82, 2.24) is 6.15 Å². The third-order valence-corrected chi connectivity index (χ3v) is 1.21. The molecule has 0 unspecified atom stereocenters. The van der Waals surface area contributed by atoms with E-state index in [2.05, 4.69) is 4.18 Å². The molecule has 0 aromatic heterocycles. The summed E-state index contributed by atoms with van der Waals surface area (Å²) in [4.78, 5) is 0. The van der Waals surface area contributed by atoms with Gasteiger partial charge in [0.25, 0.3) is 0 Å². The molecule has 0 amide bonds. The number of hydrogen-bond donors (Lipinski definition) is 2. The average Bonchev–Trinajstić information content (AvgIpc) is 1.87. The van der Waals surface area contributed by atoms with Gasteiger partial charge in [-0.05, 0) is 20.8 Å². The van der Waals surface area contributed by atoms with Crippen molar-refractivity contribution < 1.29 is 21.9 Å². The molecule has 0 saturated heterocycles. The predicted octanol–water partition coefficient (Wildman–Crippen LogP) is 1.03. The minimum atomic E-state index is -4.17. The highest BCUT2D eigenvalue weighted by Gasteiger charge is 1.98. The summed E-state index contributed by atoms with van der Waals surface area (Å²) in [6.07, 6.45) is 0. The maximum Gasteiger partial charge on any atom is 0.397 e. The van der Waals surface area contributed by atoms with E-state index in [1.165, 1.54) is 6.92 Å². The second-order valence-corrected chi connectivity index (χ2v) is 2.71. The zero-order valence-corrected chi connectivity index (χ0v) is 9.13. The van der Waals surface area contributed by atoms with Crippen LogP contribution < -0.4 is 6.15 Å².